The SMILES string of the molecule is COc1ccc2c3c1O[C@H]1C(OC(=O)N4CCCC[C@@H]4CNC(=O)[C@H](CCCN=C(N)N)CC(=O)[C@H](C)NC(C)=O)=CCC4[C@@H](C2)N(C)CC[C@@]341. The third kappa shape index (κ3) is 7.11. The Hall–Kier alpha value is -4.33. The van der Waals surface area contributed by atoms with Crippen LogP contribution in [0, 0.1) is 11.8 Å². The Bertz CT molecular complexity index is 1590. The molecule has 0 saturated carbocycles. The van der Waals surface area contributed by atoms with Gasteiger partial charge >= 0.3 is 6.09 Å². The Balaban J connectivity index is 1.14. The van der Waals surface area contributed by atoms with Crippen LogP contribution in [0.5, 0.6) is 11.5 Å². The average molecular weight is 708 g/mol. The molecule has 14 nitrogen and oxygen atoms in total. The van der Waals surface area contributed by atoms with Gasteiger partial charge in [-0.1, -0.05) is 6.07 Å². The van der Waals surface area contributed by atoms with Crippen LogP contribution in [0.3, 0.4) is 0 Å². The molecule has 1 unspecified atom stereocenters. The van der Waals surface area contributed by atoms with E-state index in [4.69, 9.17) is 25.7 Å². The predicted octanol–water partition coefficient (Wildman–Crippen LogP) is 2.12. The van der Waals surface area contributed by atoms with Crippen LogP contribution in [0.1, 0.15) is 76.3 Å². The van der Waals surface area contributed by atoms with Gasteiger partial charge in [0.1, 0.15) is 5.76 Å². The first-order chi connectivity index (χ1) is 24.4. The number of aliphatic imine (C=N–C) groups is 1. The van der Waals surface area contributed by atoms with Crippen molar-refractivity contribution in [2.45, 2.75) is 101 Å². The molecule has 1 aromatic carbocycles. The quantitative estimate of drug-likeness (QED) is 0.134. The molecule has 2 bridgehead atoms. The van der Waals surface area contributed by atoms with Gasteiger partial charge in [0.05, 0.1) is 19.2 Å². The molecule has 278 valence electrons. The standard InChI is InChI=1S/C37H53N7O7/c1-21(42-22(2)45)28(46)19-24(8-7-15-40-35(38)39)34(47)41-20-25-9-5-6-16-44(25)36(48)50-30-13-11-26-27-18-23-10-12-29(49-4)32-31(23)37(26,33(30)51-32)14-17-43(27)3/h10,12-13,21,24-27,33H,5-9,11,14-20H2,1-4H3,(H,41,47)(H,42,45)(H4,38,39,40)/t21-,24+,25+,26?,27+,33-,37-/m0/s1. The normalized spacial score (nSPS) is 27.1. The molecule has 3 amide bonds. The largest absolute Gasteiger partial charge is 0.493 e. The molecule has 1 aromatic rings. The molecule has 3 heterocycles. The second-order valence-corrected chi connectivity index (χ2v) is 14.8. The number of likely N-dealkylation sites (tertiary alicyclic amines) is 2. The lowest BCUT2D eigenvalue weighted by Crippen LogP contribution is -2.63. The second-order valence-electron chi connectivity index (χ2n) is 14.8. The first-order valence-corrected chi connectivity index (χ1v) is 18.3. The lowest BCUT2D eigenvalue weighted by atomic mass is 9.53. The molecule has 5 aliphatic rings. The van der Waals surface area contributed by atoms with Crippen LogP contribution >= 0.6 is 0 Å². The zero-order valence-corrected chi connectivity index (χ0v) is 30.2. The summed E-state index contributed by atoms with van der Waals surface area (Å²) in [4.78, 5) is 60.2. The summed E-state index contributed by atoms with van der Waals surface area (Å²) in [6.07, 6.45) is 7.07. The number of nitrogens with one attached hydrogen (secondary N) is 2. The van der Waals surface area contributed by atoms with Gasteiger partial charge in [-0.15, -0.1) is 0 Å². The van der Waals surface area contributed by atoms with Gasteiger partial charge in [-0.05, 0) is 95.5 Å². The Labute approximate surface area is 299 Å². The molecule has 2 fully saturated rings. The van der Waals surface area contributed by atoms with Crippen molar-refractivity contribution < 1.29 is 33.4 Å². The molecule has 2 aliphatic carbocycles. The third-order valence-electron chi connectivity index (χ3n) is 11.7. The number of likely N-dealkylation sites (N-methyl/N-ethyl adjacent to an activating group) is 1. The number of hydrogen-bond donors (Lipinski definition) is 4. The molecular weight excluding hydrogens is 654 g/mol. The fourth-order valence-corrected chi connectivity index (χ4v) is 9.22. The van der Waals surface area contributed by atoms with E-state index in [2.05, 4.69) is 33.6 Å². The van der Waals surface area contributed by atoms with Crippen molar-refractivity contribution in [3.05, 3.63) is 35.1 Å². The number of benzene rings is 1. The number of hydrogen-bond acceptors (Lipinski definition) is 9. The summed E-state index contributed by atoms with van der Waals surface area (Å²) in [5, 5.41) is 5.61. The highest BCUT2D eigenvalue weighted by Crippen LogP contribution is 2.63. The van der Waals surface area contributed by atoms with Gasteiger partial charge in [0, 0.05) is 55.9 Å². The molecule has 1 spiro atoms. The lowest BCUT2D eigenvalue weighted by molar-refractivity contribution is -0.131. The fraction of sp³-hybridized carbons (Fsp3) is 0.649. The van der Waals surface area contributed by atoms with Gasteiger partial charge in [0.25, 0.3) is 0 Å². The lowest BCUT2D eigenvalue weighted by Gasteiger charge is -2.56. The van der Waals surface area contributed by atoms with Crippen molar-refractivity contribution in [3.8, 4) is 11.5 Å². The van der Waals surface area contributed by atoms with Crippen molar-refractivity contribution >= 4 is 29.7 Å². The highest BCUT2D eigenvalue weighted by atomic mass is 16.6. The monoisotopic (exact) mass is 707 g/mol. The molecule has 7 atom stereocenters. The van der Waals surface area contributed by atoms with Crippen LogP contribution in [0.25, 0.3) is 0 Å². The van der Waals surface area contributed by atoms with Gasteiger partial charge in [-0.3, -0.25) is 19.4 Å². The molecular formula is C37H53N7O7. The Morgan fingerprint density at radius 1 is 1.18 bits per heavy atom. The molecule has 6 rings (SSSR count). The molecule has 0 radical (unpaired) electrons. The number of rotatable bonds is 13. The summed E-state index contributed by atoms with van der Waals surface area (Å²) in [6.45, 7) is 4.93. The van der Waals surface area contributed by atoms with E-state index in [9.17, 15) is 19.2 Å². The summed E-state index contributed by atoms with van der Waals surface area (Å²) in [7, 11) is 3.86. The number of ketones is 1. The van der Waals surface area contributed by atoms with E-state index in [0.29, 0.717) is 55.8 Å². The van der Waals surface area contributed by atoms with E-state index in [1.165, 1.54) is 18.1 Å². The number of ether oxygens (including phenoxy) is 3. The summed E-state index contributed by atoms with van der Waals surface area (Å²) < 4.78 is 18.8. The van der Waals surface area contributed by atoms with Crippen LogP contribution in [0.2, 0.25) is 0 Å². The summed E-state index contributed by atoms with van der Waals surface area (Å²) in [6, 6.07) is 3.52. The number of carbonyl (C=O) groups is 4. The smallest absolute Gasteiger partial charge is 0.415 e. The van der Waals surface area contributed by atoms with E-state index in [1.807, 2.05) is 12.1 Å². The van der Waals surface area contributed by atoms with E-state index in [-0.39, 0.29) is 48.0 Å². The Morgan fingerprint density at radius 2 is 1.98 bits per heavy atom. The number of allylic oxidation sites excluding steroid dienone is 1. The molecule has 2 saturated heterocycles. The minimum Gasteiger partial charge on any atom is -0.493 e. The van der Waals surface area contributed by atoms with E-state index < -0.39 is 24.2 Å². The van der Waals surface area contributed by atoms with Crippen molar-refractivity contribution in [1.82, 2.24) is 20.4 Å². The predicted molar refractivity (Wildman–Crippen MR) is 190 cm³/mol. The van der Waals surface area contributed by atoms with Gasteiger partial charge in [-0.25, -0.2) is 4.79 Å². The summed E-state index contributed by atoms with van der Waals surface area (Å²) in [5.74, 6) is 0.811. The number of methoxy groups -OCH3 is 1. The van der Waals surface area contributed by atoms with Gasteiger partial charge in [0.2, 0.25) is 11.8 Å². The molecule has 0 aromatic heterocycles. The Morgan fingerprint density at radius 3 is 2.73 bits per heavy atom. The number of guanidine groups is 1. The summed E-state index contributed by atoms with van der Waals surface area (Å²) >= 11 is 0. The highest BCUT2D eigenvalue weighted by Gasteiger charge is 2.65. The van der Waals surface area contributed by atoms with Crippen molar-refractivity contribution in [2.75, 3.05) is 40.3 Å². The fourth-order valence-electron chi connectivity index (χ4n) is 9.22. The maximum atomic E-state index is 14.0. The first-order valence-electron chi connectivity index (χ1n) is 18.3. The maximum absolute atomic E-state index is 14.0. The van der Waals surface area contributed by atoms with E-state index in [1.54, 1.807) is 18.9 Å². The number of nitrogens with two attached hydrogens (primary N) is 2. The Kier molecular flexibility index (Phi) is 10.8. The van der Waals surface area contributed by atoms with Crippen LogP contribution < -0.4 is 31.6 Å². The van der Waals surface area contributed by atoms with Gasteiger partial charge in [-0.2, -0.15) is 0 Å². The van der Waals surface area contributed by atoms with Gasteiger partial charge in [0.15, 0.2) is 29.3 Å². The highest BCUT2D eigenvalue weighted by molar-refractivity contribution is 5.91. The minimum absolute atomic E-state index is 0.0399. The number of nitrogens with zero attached hydrogens (tertiary/aromatic N) is 3. The van der Waals surface area contributed by atoms with Crippen LogP contribution in [0.4, 0.5) is 4.79 Å². The molecule has 51 heavy (non-hydrogen) atoms. The summed E-state index contributed by atoms with van der Waals surface area (Å²) in [5.41, 5.74) is 13.1. The zero-order valence-electron chi connectivity index (χ0n) is 30.2. The van der Waals surface area contributed by atoms with Crippen LogP contribution in [-0.4, -0.2) is 104 Å². The van der Waals surface area contributed by atoms with E-state index >= 15 is 0 Å². The molecule has 6 N–H and O–H groups in total. The second kappa shape index (κ2) is 15.1. The minimum atomic E-state index is -0.721. The topological polar surface area (TPSA) is 191 Å². The molecule has 14 heteroatoms. The third-order valence-corrected chi connectivity index (χ3v) is 11.7. The maximum Gasteiger partial charge on any atom is 0.415 e. The number of amides is 3. The van der Waals surface area contributed by atoms with Gasteiger partial charge < -0.3 is 46.1 Å². The zero-order chi connectivity index (χ0) is 36.4. The van der Waals surface area contributed by atoms with Crippen molar-refractivity contribution in [1.29, 1.82) is 0 Å². The molecule has 3 aliphatic heterocycles. The number of piperidine rings is 2. The van der Waals surface area contributed by atoms with Crippen molar-refractivity contribution in [3.63, 3.8) is 0 Å². The van der Waals surface area contributed by atoms with E-state index in [0.717, 1.165) is 44.4 Å². The average Bonchev–Trinajstić information content (AvgIpc) is 3.46. The number of Topliss-reactive ketones (excluding diaryl/α,β-unsaturated/α-hetero) is 1. The van der Waals surface area contributed by atoms with Crippen molar-refractivity contribution in [2.24, 2.45) is 28.3 Å². The first kappa shape index (κ1) is 36.5. The van der Waals surface area contributed by atoms with Crippen LogP contribution in [0.15, 0.2) is 29.0 Å². The van der Waals surface area contributed by atoms with Crippen LogP contribution in [-0.2, 0) is 31.0 Å². The number of carbonyl (C=O) groups excluding carboxylic acids is 4.